The van der Waals surface area contributed by atoms with Gasteiger partial charge in [-0.05, 0) is 13.3 Å². The average molecular weight is 234 g/mol. The normalized spacial score (nSPS) is 11.0. The molecule has 0 aliphatic heterocycles. The molecule has 5 nitrogen and oxygen atoms in total. The van der Waals surface area contributed by atoms with Crippen molar-refractivity contribution >= 4 is 11.9 Å². The molecule has 0 rings (SSSR count). The van der Waals surface area contributed by atoms with Crippen molar-refractivity contribution in [3.05, 3.63) is 0 Å². The van der Waals surface area contributed by atoms with E-state index in [9.17, 15) is 4.79 Å². The van der Waals surface area contributed by atoms with Crippen LogP contribution in [0.15, 0.2) is 0 Å². The first-order valence-corrected chi connectivity index (χ1v) is 5.34. The van der Waals surface area contributed by atoms with Gasteiger partial charge in [0.25, 0.3) is 5.97 Å². The highest BCUT2D eigenvalue weighted by Crippen LogP contribution is 1.94. The van der Waals surface area contributed by atoms with Crippen LogP contribution in [0.2, 0.25) is 0 Å². The standard InChI is InChI=1S/C9H18O3.C2H4O2/c1-4-5-6-11-7-8(2)12-9(3)10;1-2(3)4/h8H,4-7H2,1-3H3;1H3,(H,3,4). The lowest BCUT2D eigenvalue weighted by Crippen LogP contribution is -2.18. The Bertz CT molecular complexity index is 187. The molecular weight excluding hydrogens is 212 g/mol. The second kappa shape index (κ2) is 12.0. The summed E-state index contributed by atoms with van der Waals surface area (Å²) < 4.78 is 10.1. The molecule has 0 fully saturated rings. The van der Waals surface area contributed by atoms with Gasteiger partial charge in [0.1, 0.15) is 6.10 Å². The highest BCUT2D eigenvalue weighted by atomic mass is 16.6. The van der Waals surface area contributed by atoms with Gasteiger partial charge in [0, 0.05) is 20.5 Å². The second-order valence-corrected chi connectivity index (χ2v) is 3.37. The van der Waals surface area contributed by atoms with Crippen LogP contribution >= 0.6 is 0 Å². The molecule has 0 saturated heterocycles. The Morgan fingerprint density at radius 2 is 1.81 bits per heavy atom. The molecule has 0 aromatic heterocycles. The smallest absolute Gasteiger partial charge is 0.302 e. The number of carbonyl (C=O) groups is 2. The van der Waals surface area contributed by atoms with E-state index in [0.717, 1.165) is 26.4 Å². The maximum absolute atomic E-state index is 10.5. The summed E-state index contributed by atoms with van der Waals surface area (Å²) in [4.78, 5) is 19.5. The molecule has 0 heterocycles. The Morgan fingerprint density at radius 3 is 2.19 bits per heavy atom. The van der Waals surface area contributed by atoms with Gasteiger partial charge in [-0.1, -0.05) is 13.3 Å². The first-order valence-electron chi connectivity index (χ1n) is 5.34. The van der Waals surface area contributed by atoms with Crippen molar-refractivity contribution < 1.29 is 24.2 Å². The van der Waals surface area contributed by atoms with Crippen molar-refractivity contribution in [3.8, 4) is 0 Å². The van der Waals surface area contributed by atoms with Gasteiger partial charge in [-0.2, -0.15) is 0 Å². The van der Waals surface area contributed by atoms with Gasteiger partial charge in [0.05, 0.1) is 6.61 Å². The topological polar surface area (TPSA) is 72.8 Å². The molecule has 1 N–H and O–H groups in total. The lowest BCUT2D eigenvalue weighted by Gasteiger charge is -2.11. The summed E-state index contributed by atoms with van der Waals surface area (Å²) in [6.07, 6.45) is 2.06. The van der Waals surface area contributed by atoms with Crippen LogP contribution in [0, 0.1) is 0 Å². The van der Waals surface area contributed by atoms with E-state index < -0.39 is 5.97 Å². The molecule has 0 bridgehead atoms. The lowest BCUT2D eigenvalue weighted by molar-refractivity contribution is -0.148. The van der Waals surface area contributed by atoms with Crippen LogP contribution < -0.4 is 0 Å². The highest BCUT2D eigenvalue weighted by molar-refractivity contribution is 5.66. The van der Waals surface area contributed by atoms with Crippen LogP contribution in [-0.2, 0) is 19.1 Å². The summed E-state index contributed by atoms with van der Waals surface area (Å²) in [6, 6.07) is 0. The lowest BCUT2D eigenvalue weighted by atomic mass is 10.3. The Balaban J connectivity index is 0. The van der Waals surface area contributed by atoms with Crippen LogP contribution in [0.3, 0.4) is 0 Å². The van der Waals surface area contributed by atoms with Crippen molar-refractivity contribution in [2.45, 2.75) is 46.6 Å². The molecule has 96 valence electrons. The fourth-order valence-electron chi connectivity index (χ4n) is 0.813. The number of hydrogen-bond acceptors (Lipinski definition) is 4. The molecular formula is C11H22O5. The van der Waals surface area contributed by atoms with Gasteiger partial charge in [-0.15, -0.1) is 0 Å². The van der Waals surface area contributed by atoms with Crippen molar-refractivity contribution in [2.24, 2.45) is 0 Å². The zero-order valence-corrected chi connectivity index (χ0v) is 10.5. The van der Waals surface area contributed by atoms with E-state index in [0.29, 0.717) is 6.61 Å². The molecule has 0 radical (unpaired) electrons. The van der Waals surface area contributed by atoms with Gasteiger partial charge >= 0.3 is 5.97 Å². The summed E-state index contributed by atoms with van der Waals surface area (Å²) in [6.45, 7) is 7.68. The largest absolute Gasteiger partial charge is 0.481 e. The minimum Gasteiger partial charge on any atom is -0.481 e. The third-order valence-electron chi connectivity index (χ3n) is 1.36. The van der Waals surface area contributed by atoms with Gasteiger partial charge in [0.15, 0.2) is 0 Å². The van der Waals surface area contributed by atoms with Crippen molar-refractivity contribution in [3.63, 3.8) is 0 Å². The quantitative estimate of drug-likeness (QED) is 0.561. The molecule has 1 atom stereocenters. The van der Waals surface area contributed by atoms with Crippen molar-refractivity contribution in [1.29, 1.82) is 0 Å². The zero-order valence-electron chi connectivity index (χ0n) is 10.5. The monoisotopic (exact) mass is 234 g/mol. The number of rotatable bonds is 6. The van der Waals surface area contributed by atoms with Crippen LogP contribution in [0.25, 0.3) is 0 Å². The maximum Gasteiger partial charge on any atom is 0.302 e. The molecule has 16 heavy (non-hydrogen) atoms. The second-order valence-electron chi connectivity index (χ2n) is 3.37. The minimum absolute atomic E-state index is 0.126. The predicted molar refractivity (Wildman–Crippen MR) is 60.3 cm³/mol. The van der Waals surface area contributed by atoms with E-state index in [1.165, 1.54) is 6.92 Å². The van der Waals surface area contributed by atoms with Gasteiger partial charge < -0.3 is 14.6 Å². The first kappa shape index (κ1) is 17.3. The Morgan fingerprint density at radius 1 is 1.31 bits per heavy atom. The fourth-order valence-corrected chi connectivity index (χ4v) is 0.813. The van der Waals surface area contributed by atoms with Crippen LogP contribution in [0.4, 0.5) is 0 Å². The number of carbonyl (C=O) groups excluding carboxylic acids is 1. The summed E-state index contributed by atoms with van der Waals surface area (Å²) in [7, 11) is 0. The number of carboxylic acid groups (broad SMARTS) is 1. The third-order valence-corrected chi connectivity index (χ3v) is 1.36. The van der Waals surface area contributed by atoms with Crippen molar-refractivity contribution in [1.82, 2.24) is 0 Å². The number of hydrogen-bond donors (Lipinski definition) is 1. The summed E-state index contributed by atoms with van der Waals surface area (Å²) in [5.41, 5.74) is 0. The summed E-state index contributed by atoms with van der Waals surface area (Å²) in [5.74, 6) is -1.08. The van der Waals surface area contributed by atoms with E-state index in [2.05, 4.69) is 6.92 Å². The fraction of sp³-hybridized carbons (Fsp3) is 0.818. The summed E-state index contributed by atoms with van der Waals surface area (Å²) >= 11 is 0. The third kappa shape index (κ3) is 23.1. The number of ether oxygens (including phenoxy) is 2. The average Bonchev–Trinajstić information content (AvgIpc) is 2.10. The summed E-state index contributed by atoms with van der Waals surface area (Å²) in [5, 5.41) is 7.42. The van der Waals surface area contributed by atoms with E-state index in [1.807, 2.05) is 6.92 Å². The van der Waals surface area contributed by atoms with Gasteiger partial charge in [-0.3, -0.25) is 9.59 Å². The Labute approximate surface area is 96.7 Å². The highest BCUT2D eigenvalue weighted by Gasteiger charge is 2.03. The van der Waals surface area contributed by atoms with Crippen LogP contribution in [-0.4, -0.2) is 36.4 Å². The molecule has 1 unspecified atom stereocenters. The molecule has 0 aromatic rings. The number of carboxylic acids is 1. The maximum atomic E-state index is 10.5. The number of aliphatic carboxylic acids is 1. The zero-order chi connectivity index (χ0) is 13.0. The Hall–Kier alpha value is -1.10. The molecule has 0 amide bonds. The first-order chi connectivity index (χ1) is 7.40. The Kier molecular flexibility index (Phi) is 12.9. The number of esters is 1. The van der Waals surface area contributed by atoms with Crippen LogP contribution in [0.1, 0.15) is 40.5 Å². The van der Waals surface area contributed by atoms with Crippen LogP contribution in [0.5, 0.6) is 0 Å². The van der Waals surface area contributed by atoms with Gasteiger partial charge in [0.2, 0.25) is 0 Å². The van der Waals surface area contributed by atoms with Gasteiger partial charge in [-0.25, -0.2) is 0 Å². The van der Waals surface area contributed by atoms with Crippen molar-refractivity contribution in [2.75, 3.05) is 13.2 Å². The van der Waals surface area contributed by atoms with E-state index >= 15 is 0 Å². The van der Waals surface area contributed by atoms with E-state index in [-0.39, 0.29) is 12.1 Å². The molecule has 5 heteroatoms. The molecule has 0 aliphatic rings. The number of unbranched alkanes of at least 4 members (excludes halogenated alkanes) is 1. The predicted octanol–water partition coefficient (Wildman–Crippen LogP) is 1.85. The minimum atomic E-state index is -0.833. The van der Waals surface area contributed by atoms with E-state index in [1.54, 1.807) is 0 Å². The SMILES string of the molecule is CC(=O)O.CCCCOCC(C)OC(C)=O. The molecule has 0 spiro atoms. The molecule has 0 aliphatic carbocycles. The molecule has 0 saturated carbocycles. The molecule has 0 aromatic carbocycles. The van der Waals surface area contributed by atoms with E-state index in [4.69, 9.17) is 19.4 Å².